The molecule has 112 valence electrons. The molecule has 2 heterocycles. The van der Waals surface area contributed by atoms with Crippen LogP contribution in [0.4, 0.5) is 0 Å². The molecule has 0 unspecified atom stereocenters. The number of fused-ring (bicyclic) bond motifs is 1. The van der Waals surface area contributed by atoms with Crippen LogP contribution < -0.4 is 5.32 Å². The highest BCUT2D eigenvalue weighted by Gasteiger charge is 2.35. The summed E-state index contributed by atoms with van der Waals surface area (Å²) < 4.78 is 2.30. The van der Waals surface area contributed by atoms with Gasteiger partial charge in [0.05, 0.1) is 0 Å². The van der Waals surface area contributed by atoms with Gasteiger partial charge in [-0.05, 0) is 30.4 Å². The van der Waals surface area contributed by atoms with Gasteiger partial charge in [0.25, 0.3) is 0 Å². The molecule has 1 saturated heterocycles. The van der Waals surface area contributed by atoms with E-state index in [0.717, 1.165) is 19.0 Å². The van der Waals surface area contributed by atoms with Crippen molar-refractivity contribution in [3.05, 3.63) is 36.0 Å². The van der Waals surface area contributed by atoms with Gasteiger partial charge in [-0.15, -0.1) is 0 Å². The minimum Gasteiger partial charge on any atom is -0.350 e. The molecule has 1 saturated carbocycles. The first-order chi connectivity index (χ1) is 10.3. The Morgan fingerprint density at radius 1 is 1.14 bits per heavy atom. The lowest BCUT2D eigenvalue weighted by Crippen LogP contribution is -2.47. The Bertz CT molecular complexity index is 620. The van der Waals surface area contributed by atoms with Crippen LogP contribution >= 0.6 is 0 Å². The number of benzene rings is 1. The first kappa shape index (κ1) is 13.4. The van der Waals surface area contributed by atoms with Crippen LogP contribution in [0.3, 0.4) is 0 Å². The van der Waals surface area contributed by atoms with Crippen LogP contribution in [0.25, 0.3) is 10.9 Å². The Kier molecular flexibility index (Phi) is 3.48. The maximum absolute atomic E-state index is 3.49. The minimum atomic E-state index is 0.618. The van der Waals surface area contributed by atoms with Crippen LogP contribution in [0.15, 0.2) is 30.5 Å². The van der Waals surface area contributed by atoms with Crippen molar-refractivity contribution in [3.63, 3.8) is 0 Å². The molecule has 1 aromatic heterocycles. The second-order valence-corrected chi connectivity index (χ2v) is 6.63. The molecule has 0 spiro atoms. The van der Waals surface area contributed by atoms with E-state index in [-0.39, 0.29) is 0 Å². The fraction of sp³-hybridized carbons (Fsp3) is 0.556. The predicted molar refractivity (Wildman–Crippen MR) is 87.4 cm³/mol. The molecular formula is C18H25N3. The second-order valence-electron chi connectivity index (χ2n) is 6.63. The van der Waals surface area contributed by atoms with Crippen LogP contribution in [0.2, 0.25) is 0 Å². The van der Waals surface area contributed by atoms with Gasteiger partial charge in [-0.25, -0.2) is 0 Å². The zero-order chi connectivity index (χ0) is 14.2. The van der Waals surface area contributed by atoms with Crippen molar-refractivity contribution in [1.82, 2.24) is 14.8 Å². The molecule has 0 bridgehead atoms. The zero-order valence-corrected chi connectivity index (χ0v) is 12.9. The van der Waals surface area contributed by atoms with Crippen molar-refractivity contribution in [2.24, 2.45) is 13.0 Å². The van der Waals surface area contributed by atoms with Crippen molar-refractivity contribution in [2.75, 3.05) is 26.2 Å². The predicted octanol–water partition coefficient (Wildman–Crippen LogP) is 2.92. The molecule has 3 heteroatoms. The third-order valence-corrected chi connectivity index (χ3v) is 5.39. The van der Waals surface area contributed by atoms with E-state index < -0.39 is 0 Å². The fourth-order valence-electron chi connectivity index (χ4n) is 4.07. The van der Waals surface area contributed by atoms with Crippen molar-refractivity contribution in [1.29, 1.82) is 0 Å². The average Bonchev–Trinajstić information content (AvgIpc) is 2.81. The van der Waals surface area contributed by atoms with Crippen molar-refractivity contribution in [3.8, 4) is 0 Å². The number of para-hydroxylation sites is 1. The normalized spacial score (nSPS) is 22.3. The van der Waals surface area contributed by atoms with Gasteiger partial charge in [-0.3, -0.25) is 4.90 Å². The number of hydrogen-bond donors (Lipinski definition) is 1. The molecule has 1 aliphatic carbocycles. The van der Waals surface area contributed by atoms with E-state index in [0.29, 0.717) is 6.04 Å². The lowest BCUT2D eigenvalue weighted by Gasteiger charge is -2.43. The molecule has 2 aliphatic rings. The summed E-state index contributed by atoms with van der Waals surface area (Å²) in [7, 11) is 2.18. The Hall–Kier alpha value is -1.32. The Balaban J connectivity index is 1.77. The summed E-state index contributed by atoms with van der Waals surface area (Å²) in [5, 5.41) is 4.95. The van der Waals surface area contributed by atoms with Crippen LogP contribution in [0, 0.1) is 5.92 Å². The molecule has 0 radical (unpaired) electrons. The van der Waals surface area contributed by atoms with Gasteiger partial charge < -0.3 is 9.88 Å². The summed E-state index contributed by atoms with van der Waals surface area (Å²) in [5.74, 6) is 0.855. The highest BCUT2D eigenvalue weighted by atomic mass is 15.2. The zero-order valence-electron chi connectivity index (χ0n) is 12.9. The van der Waals surface area contributed by atoms with Crippen molar-refractivity contribution in [2.45, 2.75) is 25.3 Å². The number of rotatable bonds is 3. The Labute approximate surface area is 126 Å². The summed E-state index contributed by atoms with van der Waals surface area (Å²) in [5.41, 5.74) is 2.92. The quantitative estimate of drug-likeness (QED) is 0.934. The smallest absolute Gasteiger partial charge is 0.0481 e. The summed E-state index contributed by atoms with van der Waals surface area (Å²) in [6, 6.07) is 9.50. The topological polar surface area (TPSA) is 20.2 Å². The third-order valence-electron chi connectivity index (χ3n) is 5.39. The van der Waals surface area contributed by atoms with E-state index in [1.165, 1.54) is 43.3 Å². The molecule has 1 aliphatic heterocycles. The van der Waals surface area contributed by atoms with Crippen LogP contribution in [0.5, 0.6) is 0 Å². The molecule has 1 aromatic carbocycles. The SMILES string of the molecule is Cn1cc([C@@H](C2CCC2)N2CCNCC2)c2ccccc21. The standard InChI is InChI=1S/C18H25N3/c1-20-13-16(15-7-2-3-8-17(15)20)18(14-5-4-6-14)21-11-9-19-10-12-21/h2-3,7-8,13-14,18-19H,4-6,9-12H2,1H3/t18-/m1/s1. The summed E-state index contributed by atoms with van der Waals surface area (Å²) in [6.07, 6.45) is 6.60. The van der Waals surface area contributed by atoms with Crippen LogP contribution in [-0.2, 0) is 7.05 Å². The highest BCUT2D eigenvalue weighted by molar-refractivity contribution is 5.84. The monoisotopic (exact) mass is 283 g/mol. The van der Waals surface area contributed by atoms with Crippen molar-refractivity contribution < 1.29 is 0 Å². The summed E-state index contributed by atoms with van der Waals surface area (Å²) in [6.45, 7) is 4.64. The number of aryl methyl sites for hydroxylation is 1. The average molecular weight is 283 g/mol. The molecule has 21 heavy (non-hydrogen) atoms. The van der Waals surface area contributed by atoms with Crippen LogP contribution in [0.1, 0.15) is 30.9 Å². The van der Waals surface area contributed by atoms with Gasteiger partial charge in [0.1, 0.15) is 0 Å². The molecule has 4 rings (SSSR count). The lowest BCUT2D eigenvalue weighted by atomic mass is 9.76. The van der Waals surface area contributed by atoms with Gasteiger partial charge in [-0.2, -0.15) is 0 Å². The fourth-order valence-corrected chi connectivity index (χ4v) is 4.07. The molecule has 3 nitrogen and oxygen atoms in total. The number of hydrogen-bond acceptors (Lipinski definition) is 2. The third kappa shape index (κ3) is 2.29. The molecular weight excluding hydrogens is 258 g/mol. The van der Waals surface area contributed by atoms with E-state index in [9.17, 15) is 0 Å². The van der Waals surface area contributed by atoms with Gasteiger partial charge in [-0.1, -0.05) is 24.6 Å². The molecule has 2 fully saturated rings. The maximum Gasteiger partial charge on any atom is 0.0481 e. The summed E-state index contributed by atoms with van der Waals surface area (Å²) >= 11 is 0. The molecule has 1 N–H and O–H groups in total. The number of nitrogens with zero attached hydrogens (tertiary/aromatic N) is 2. The summed E-state index contributed by atoms with van der Waals surface area (Å²) in [4.78, 5) is 2.72. The van der Waals surface area contributed by atoms with Gasteiger partial charge >= 0.3 is 0 Å². The highest BCUT2D eigenvalue weighted by Crippen LogP contribution is 2.43. The van der Waals surface area contributed by atoms with E-state index in [1.54, 1.807) is 5.56 Å². The maximum atomic E-state index is 3.49. The van der Waals surface area contributed by atoms with Gasteiger partial charge in [0.15, 0.2) is 0 Å². The minimum absolute atomic E-state index is 0.618. The first-order valence-electron chi connectivity index (χ1n) is 8.33. The first-order valence-corrected chi connectivity index (χ1v) is 8.33. The second kappa shape index (κ2) is 5.47. The molecule has 1 atom stereocenters. The molecule has 0 amide bonds. The Morgan fingerprint density at radius 2 is 1.90 bits per heavy atom. The largest absolute Gasteiger partial charge is 0.350 e. The lowest BCUT2D eigenvalue weighted by molar-refractivity contribution is 0.0845. The Morgan fingerprint density at radius 3 is 2.62 bits per heavy atom. The molecule has 2 aromatic rings. The van der Waals surface area contributed by atoms with E-state index in [2.05, 4.69) is 52.3 Å². The van der Waals surface area contributed by atoms with E-state index >= 15 is 0 Å². The van der Waals surface area contributed by atoms with Gasteiger partial charge in [0.2, 0.25) is 0 Å². The van der Waals surface area contributed by atoms with Crippen molar-refractivity contribution >= 4 is 10.9 Å². The van der Waals surface area contributed by atoms with Gasteiger partial charge in [0, 0.05) is 56.4 Å². The van der Waals surface area contributed by atoms with Crippen LogP contribution in [-0.4, -0.2) is 35.6 Å². The van der Waals surface area contributed by atoms with E-state index in [4.69, 9.17) is 0 Å². The number of aromatic nitrogens is 1. The number of piperazine rings is 1. The van der Waals surface area contributed by atoms with E-state index in [1.807, 2.05) is 0 Å². The number of nitrogens with one attached hydrogen (secondary N) is 1.